The van der Waals surface area contributed by atoms with Gasteiger partial charge in [-0.3, -0.25) is 0 Å². The number of hydrogen-bond acceptors (Lipinski definition) is 2. The minimum atomic E-state index is -0.741. The summed E-state index contributed by atoms with van der Waals surface area (Å²) in [6, 6.07) is 4.90. The first-order valence-corrected chi connectivity index (χ1v) is 4.44. The molecule has 2 nitrogen and oxygen atoms in total. The topological polar surface area (TPSA) is 29.5 Å². The molecule has 1 radical (unpaired) electrons. The van der Waals surface area contributed by atoms with Crippen LogP contribution in [-0.4, -0.2) is 17.8 Å². The molecule has 0 aromatic heterocycles. The van der Waals surface area contributed by atoms with E-state index in [0.717, 1.165) is 0 Å². The fourth-order valence-corrected chi connectivity index (χ4v) is 1.05. The molecule has 0 aliphatic heterocycles. The average molecular weight is 220 g/mol. The fraction of sp³-hybridized carbons (Fsp3) is 0.222. The lowest BCUT2D eigenvalue weighted by atomic mass is 10.3. The smallest absolute Gasteiger partial charge is 0.121 e. The maximum Gasteiger partial charge on any atom is 0.121 e. The third kappa shape index (κ3) is 3.43. The van der Waals surface area contributed by atoms with Gasteiger partial charge in [-0.1, -0.05) is 23.2 Å². The normalized spacial score (nSPS) is 12.6. The van der Waals surface area contributed by atoms with E-state index in [1.54, 1.807) is 18.2 Å². The maximum atomic E-state index is 8.84. The molecule has 0 fully saturated rings. The summed E-state index contributed by atoms with van der Waals surface area (Å²) in [5.74, 6) is 0.567. The molecule has 1 unspecified atom stereocenters. The van der Waals surface area contributed by atoms with Crippen LogP contribution in [0.4, 0.5) is 0 Å². The van der Waals surface area contributed by atoms with Crippen molar-refractivity contribution in [3.63, 3.8) is 0 Å². The van der Waals surface area contributed by atoms with Crippen molar-refractivity contribution in [1.82, 2.24) is 0 Å². The van der Waals surface area contributed by atoms with Crippen LogP contribution in [0.3, 0.4) is 0 Å². The second-order valence-electron chi connectivity index (χ2n) is 2.54. The molecule has 13 heavy (non-hydrogen) atoms. The van der Waals surface area contributed by atoms with Gasteiger partial charge in [-0.15, -0.1) is 0 Å². The molecular formula is C9H9Cl2O2. The number of benzene rings is 1. The summed E-state index contributed by atoms with van der Waals surface area (Å²) in [6.45, 7) is 3.50. The predicted molar refractivity (Wildman–Crippen MR) is 53.3 cm³/mol. The van der Waals surface area contributed by atoms with Crippen LogP contribution in [0.15, 0.2) is 18.2 Å². The number of hydrogen-bond donors (Lipinski definition) is 1. The lowest BCUT2D eigenvalue weighted by molar-refractivity contribution is 0.142. The van der Waals surface area contributed by atoms with Crippen LogP contribution in [0.1, 0.15) is 0 Å². The van der Waals surface area contributed by atoms with Gasteiger partial charge in [-0.2, -0.15) is 0 Å². The Labute approximate surface area is 87.0 Å². The van der Waals surface area contributed by atoms with E-state index in [0.29, 0.717) is 15.8 Å². The van der Waals surface area contributed by atoms with Crippen LogP contribution in [0, 0.1) is 6.92 Å². The number of aliphatic hydroxyl groups excluding tert-OH is 1. The highest BCUT2D eigenvalue weighted by atomic mass is 35.5. The van der Waals surface area contributed by atoms with Crippen LogP contribution in [0.5, 0.6) is 5.75 Å². The van der Waals surface area contributed by atoms with E-state index < -0.39 is 6.10 Å². The van der Waals surface area contributed by atoms with E-state index in [9.17, 15) is 0 Å². The maximum absolute atomic E-state index is 8.84. The van der Waals surface area contributed by atoms with Crippen LogP contribution in [0.25, 0.3) is 0 Å². The highest BCUT2D eigenvalue weighted by molar-refractivity contribution is 6.42. The SMILES string of the molecule is [CH2]C(O)COc1ccc(Cl)c(Cl)c1. The third-order valence-electron chi connectivity index (χ3n) is 1.33. The number of aliphatic hydroxyl groups is 1. The molecule has 0 spiro atoms. The highest BCUT2D eigenvalue weighted by Crippen LogP contribution is 2.26. The van der Waals surface area contributed by atoms with Gasteiger partial charge in [0.2, 0.25) is 0 Å². The first kappa shape index (κ1) is 10.6. The molecule has 1 N–H and O–H groups in total. The Kier molecular flexibility index (Phi) is 3.85. The number of halogens is 2. The second-order valence-corrected chi connectivity index (χ2v) is 3.36. The zero-order valence-corrected chi connectivity index (χ0v) is 8.35. The zero-order valence-electron chi connectivity index (χ0n) is 6.84. The Bertz CT molecular complexity index is 287. The number of ether oxygens (including phenoxy) is 1. The molecule has 1 atom stereocenters. The minimum Gasteiger partial charge on any atom is -0.491 e. The van der Waals surface area contributed by atoms with Gasteiger partial charge in [0.25, 0.3) is 0 Å². The standard InChI is InChI=1S/C9H9Cl2O2/c1-6(12)5-13-7-2-3-8(10)9(11)4-7/h2-4,6,12H,1,5H2. The van der Waals surface area contributed by atoms with Crippen molar-refractivity contribution < 1.29 is 9.84 Å². The monoisotopic (exact) mass is 219 g/mol. The Morgan fingerprint density at radius 2 is 2.08 bits per heavy atom. The molecule has 0 bridgehead atoms. The lowest BCUT2D eigenvalue weighted by Crippen LogP contribution is -2.12. The lowest BCUT2D eigenvalue weighted by Gasteiger charge is -2.08. The van der Waals surface area contributed by atoms with Crippen LogP contribution in [-0.2, 0) is 0 Å². The summed E-state index contributed by atoms with van der Waals surface area (Å²) in [5, 5.41) is 9.75. The highest BCUT2D eigenvalue weighted by Gasteiger charge is 2.01. The molecule has 4 heteroatoms. The van der Waals surface area contributed by atoms with Gasteiger partial charge in [0.05, 0.1) is 16.1 Å². The average Bonchev–Trinajstić information content (AvgIpc) is 2.07. The predicted octanol–water partition coefficient (Wildman–Crippen LogP) is 2.57. The molecule has 1 rings (SSSR count). The van der Waals surface area contributed by atoms with Gasteiger partial charge in [0, 0.05) is 6.07 Å². The van der Waals surface area contributed by atoms with E-state index in [2.05, 4.69) is 6.92 Å². The van der Waals surface area contributed by atoms with Crippen LogP contribution in [0.2, 0.25) is 10.0 Å². The van der Waals surface area contributed by atoms with E-state index in [4.69, 9.17) is 33.0 Å². The van der Waals surface area contributed by atoms with Crippen molar-refractivity contribution >= 4 is 23.2 Å². The van der Waals surface area contributed by atoms with Crippen LogP contribution < -0.4 is 4.74 Å². The molecule has 0 saturated carbocycles. The van der Waals surface area contributed by atoms with Crippen LogP contribution >= 0.6 is 23.2 Å². The zero-order chi connectivity index (χ0) is 9.84. The van der Waals surface area contributed by atoms with Gasteiger partial charge in [0.15, 0.2) is 0 Å². The summed E-state index contributed by atoms with van der Waals surface area (Å²) in [5.41, 5.74) is 0. The Morgan fingerprint density at radius 1 is 1.38 bits per heavy atom. The van der Waals surface area contributed by atoms with E-state index in [1.165, 1.54) is 0 Å². The van der Waals surface area contributed by atoms with E-state index in [1.807, 2.05) is 0 Å². The quantitative estimate of drug-likeness (QED) is 0.848. The summed E-state index contributed by atoms with van der Waals surface area (Å²) in [7, 11) is 0. The summed E-state index contributed by atoms with van der Waals surface area (Å²) in [4.78, 5) is 0. The van der Waals surface area contributed by atoms with E-state index in [-0.39, 0.29) is 6.61 Å². The molecule has 1 aromatic carbocycles. The van der Waals surface area contributed by atoms with Crippen molar-refractivity contribution in [3.05, 3.63) is 35.2 Å². The van der Waals surface area contributed by atoms with Gasteiger partial charge in [0.1, 0.15) is 12.4 Å². The summed E-state index contributed by atoms with van der Waals surface area (Å²) >= 11 is 11.4. The van der Waals surface area contributed by atoms with Gasteiger partial charge in [-0.25, -0.2) is 0 Å². The molecule has 71 valence electrons. The fourth-order valence-electron chi connectivity index (χ4n) is 0.759. The molecule has 1 aromatic rings. The third-order valence-corrected chi connectivity index (χ3v) is 2.07. The molecule has 0 aliphatic carbocycles. The minimum absolute atomic E-state index is 0.137. The van der Waals surface area contributed by atoms with Crippen molar-refractivity contribution in [2.45, 2.75) is 6.10 Å². The summed E-state index contributed by atoms with van der Waals surface area (Å²) < 4.78 is 5.15. The molecule has 0 aliphatic rings. The van der Waals surface area contributed by atoms with Gasteiger partial charge >= 0.3 is 0 Å². The summed E-state index contributed by atoms with van der Waals surface area (Å²) in [6.07, 6.45) is -0.741. The van der Waals surface area contributed by atoms with E-state index >= 15 is 0 Å². The van der Waals surface area contributed by atoms with Crippen molar-refractivity contribution in [2.75, 3.05) is 6.61 Å². The van der Waals surface area contributed by atoms with Crippen molar-refractivity contribution in [3.8, 4) is 5.75 Å². The molecule has 0 amide bonds. The van der Waals surface area contributed by atoms with Gasteiger partial charge < -0.3 is 9.84 Å². The second kappa shape index (κ2) is 4.70. The Balaban J connectivity index is 2.63. The van der Waals surface area contributed by atoms with Gasteiger partial charge in [-0.05, 0) is 19.1 Å². The molecule has 0 saturated heterocycles. The van der Waals surface area contributed by atoms with Crippen molar-refractivity contribution in [1.29, 1.82) is 0 Å². The largest absolute Gasteiger partial charge is 0.491 e. The number of rotatable bonds is 3. The molecule has 0 heterocycles. The first-order chi connectivity index (χ1) is 6.09. The Morgan fingerprint density at radius 3 is 2.62 bits per heavy atom. The Hall–Kier alpha value is -0.440. The first-order valence-electron chi connectivity index (χ1n) is 3.68. The van der Waals surface area contributed by atoms with Crippen molar-refractivity contribution in [2.24, 2.45) is 0 Å². The molecular weight excluding hydrogens is 211 g/mol.